The normalized spacial score (nSPS) is 51.0. The number of aryl methyl sites for hydroxylation is 2. The molecule has 0 saturated heterocycles. The average Bonchev–Trinajstić information content (AvgIpc) is 1.63. The number of hydrogen-bond acceptors (Lipinski definition) is 15. The van der Waals surface area contributed by atoms with Crippen molar-refractivity contribution in [2.24, 2.45) is 175 Å². The summed E-state index contributed by atoms with van der Waals surface area (Å²) in [7, 11) is 0. The van der Waals surface area contributed by atoms with Crippen molar-refractivity contribution in [1.29, 1.82) is 0 Å². The molecule has 5 heterocycles. The van der Waals surface area contributed by atoms with Gasteiger partial charge in [0.1, 0.15) is 29.8 Å². The van der Waals surface area contributed by atoms with Gasteiger partial charge in [-0.2, -0.15) is 0 Å². The maximum Gasteiger partial charge on any atom is 0.140 e. The average molecular weight is 1770 g/mol. The van der Waals surface area contributed by atoms with Crippen LogP contribution in [-0.4, -0.2) is 79.3 Å². The third-order valence-corrected chi connectivity index (χ3v) is 46.2. The van der Waals surface area contributed by atoms with Crippen LogP contribution in [0.5, 0.6) is 0 Å². The topological polar surface area (TPSA) is 231 Å². The van der Waals surface area contributed by atoms with Gasteiger partial charge in [-0.3, -0.25) is 0 Å². The summed E-state index contributed by atoms with van der Waals surface area (Å²) in [4.78, 5) is 0. The molecule has 0 aromatic carbocycles. The van der Waals surface area contributed by atoms with Crippen LogP contribution in [0.1, 0.15) is 442 Å². The highest BCUT2D eigenvalue weighted by Gasteiger charge is 2.65. The zero-order valence-electron chi connectivity index (χ0n) is 82.2. The summed E-state index contributed by atoms with van der Waals surface area (Å²) in [6.45, 7) is 27.4. The molecule has 20 fully saturated rings. The molecule has 5 aromatic rings. The van der Waals surface area contributed by atoms with Crippen LogP contribution in [0.4, 0.5) is 0 Å². The third kappa shape index (κ3) is 16.5. The molecule has 5 aromatic heterocycles. The van der Waals surface area contributed by atoms with Crippen LogP contribution in [0.2, 0.25) is 0 Å². The van der Waals surface area contributed by atoms with Gasteiger partial charge >= 0.3 is 0 Å². The number of rotatable bonds is 7. The third-order valence-electron chi connectivity index (χ3n) is 46.2. The Kier molecular flexibility index (Phi) is 24.6. The van der Waals surface area contributed by atoms with Crippen molar-refractivity contribution in [3.05, 3.63) is 89.1 Å². The van der Waals surface area contributed by atoms with Crippen molar-refractivity contribution < 1.29 is 48.1 Å². The predicted molar refractivity (Wildman–Crippen MR) is 504 cm³/mol. The van der Waals surface area contributed by atoms with Gasteiger partial charge in [0.2, 0.25) is 0 Å². The lowest BCUT2D eigenvalue weighted by atomic mass is 9.49. The Morgan fingerprint density at radius 3 is 0.760 bits per heavy atom. The van der Waals surface area contributed by atoms with E-state index in [0.29, 0.717) is 56.7 Å². The van der Waals surface area contributed by atoms with Crippen molar-refractivity contribution in [3.8, 4) is 0 Å². The zero-order chi connectivity index (χ0) is 89.3. The highest BCUT2D eigenvalue weighted by molar-refractivity contribution is 5.26. The van der Waals surface area contributed by atoms with E-state index in [1.807, 2.05) is 6.20 Å². The minimum absolute atomic E-state index is 0.400. The Labute approximate surface area is 775 Å². The van der Waals surface area contributed by atoms with Gasteiger partial charge in [-0.25, -0.2) is 0 Å². The van der Waals surface area contributed by atoms with E-state index in [4.69, 9.17) is 22.6 Å². The van der Waals surface area contributed by atoms with Crippen LogP contribution in [0, 0.1) is 175 Å². The lowest BCUT2D eigenvalue weighted by Gasteiger charge is -2.56. The molecule has 0 unspecified atom stereocenters. The zero-order valence-corrected chi connectivity index (χ0v) is 82.2. The summed E-state index contributed by atoms with van der Waals surface area (Å²) in [6.07, 6.45) is 64.6. The maximum atomic E-state index is 10.6. The minimum Gasteiger partial charge on any atom is -0.390 e. The van der Waals surface area contributed by atoms with Crippen LogP contribution >= 0.6 is 0 Å². The molecule has 15 nitrogen and oxygen atoms in total. The Bertz CT molecular complexity index is 4200. The highest BCUT2D eigenvalue weighted by atomic mass is 16.5. The molecule has 15 heteroatoms. The highest BCUT2D eigenvalue weighted by Crippen LogP contribution is 2.74. The van der Waals surface area contributed by atoms with Gasteiger partial charge in [-0.1, -0.05) is 74.2 Å². The first-order chi connectivity index (χ1) is 61.8. The molecular formula is C114H173N5O10. The molecule has 0 amide bonds. The Balaban J connectivity index is 0.0000000978. The first-order valence-electron chi connectivity index (χ1n) is 55.0. The lowest BCUT2D eigenvalue weighted by Crippen LogP contribution is -2.50. The minimum atomic E-state index is -0.403. The van der Waals surface area contributed by atoms with E-state index in [9.17, 15) is 25.5 Å². The molecule has 40 atom stereocenters. The Morgan fingerprint density at radius 1 is 0.264 bits per heavy atom. The van der Waals surface area contributed by atoms with Crippen molar-refractivity contribution in [1.82, 2.24) is 25.8 Å². The smallest absolute Gasteiger partial charge is 0.140 e. The summed E-state index contributed by atoms with van der Waals surface area (Å²) in [6, 6.07) is 10.8. The number of fused-ring (bicyclic) bond motifs is 25. The molecule has 0 aliphatic heterocycles. The molecule has 0 bridgehead atoms. The van der Waals surface area contributed by atoms with Gasteiger partial charge in [0.05, 0.1) is 57.0 Å². The summed E-state index contributed by atoms with van der Waals surface area (Å²) >= 11 is 0. The fraction of sp³-hybridized carbons (Fsp3) is 0.868. The second kappa shape index (κ2) is 34.8. The molecule has 0 spiro atoms. The molecule has 20 aliphatic carbocycles. The molecular weight excluding hydrogens is 1600 g/mol. The standard InChI is InChI=1S/2C24H37NO2.3C22H33NO2/c2*1-4-16-13-22(25-27-16)21-8-7-20-19-6-5-15-14-23(2,26)11-9-17(15)18(19)10-12-24(20,21)3;2*1-21(24)10-7-15-14(13-21)3-4-17-16(15)8-11-22(2)18(17)5-6-19(22)20-9-12-25-23-20;1-21(24)10-7-15-14(13-21)3-4-17-16(15)8-11-22(2)18(17)5-6-19(22)20-9-12-23-25-20/h2*13,15,17-21,26H,4-12,14H2,1-3H3;3*9,12,14-19,24H,3-8,10-11,13H2,1-2H3/t15-,17+,18-,19-,20+,21-,23-,24+;15-,17-,18+,19+,20-,21+,23+,24-;14-,15+,16-,17-,18+,19-,21-,22+;14-,15-,16+,17+,18-,19+,21+,22-;14-,15+,16-,17-,18+,19-,21-,22+/m10101/s1. The Hall–Kier alpha value is -4.15. The van der Waals surface area contributed by atoms with Crippen molar-refractivity contribution in [2.75, 3.05) is 0 Å². The van der Waals surface area contributed by atoms with Crippen LogP contribution in [-0.2, 0) is 12.8 Å². The Morgan fingerprint density at radius 2 is 0.519 bits per heavy atom. The molecule has 20 aliphatic rings. The number of aromatic nitrogens is 5. The molecule has 20 saturated carbocycles. The summed E-state index contributed by atoms with van der Waals surface area (Å²) in [5.41, 5.74) is 4.94. The van der Waals surface area contributed by atoms with E-state index in [1.54, 1.807) is 12.5 Å². The van der Waals surface area contributed by atoms with E-state index < -0.39 is 28.0 Å². The number of nitrogens with zero attached hydrogens (tertiary/aromatic N) is 5. The molecule has 25 rings (SSSR count). The predicted octanol–water partition coefficient (Wildman–Crippen LogP) is 26.9. The van der Waals surface area contributed by atoms with E-state index in [-0.39, 0.29) is 0 Å². The van der Waals surface area contributed by atoms with Gasteiger partial charge in [0, 0.05) is 72.8 Å². The second-order valence-electron chi connectivity index (χ2n) is 52.7. The molecule has 714 valence electrons. The van der Waals surface area contributed by atoms with Gasteiger partial charge in [0.25, 0.3) is 0 Å². The monoisotopic (exact) mass is 1770 g/mol. The first kappa shape index (κ1) is 91.3. The van der Waals surface area contributed by atoms with Crippen LogP contribution in [0.3, 0.4) is 0 Å². The quantitative estimate of drug-likeness (QED) is 0.102. The maximum absolute atomic E-state index is 10.6. The van der Waals surface area contributed by atoms with Gasteiger partial charge in [-0.15, -0.1) is 0 Å². The lowest BCUT2D eigenvalue weighted by molar-refractivity contribution is -0.0966. The van der Waals surface area contributed by atoms with Crippen molar-refractivity contribution >= 4 is 0 Å². The van der Waals surface area contributed by atoms with Gasteiger partial charge in [-0.05, 0) is 499 Å². The molecule has 0 radical (unpaired) electrons. The van der Waals surface area contributed by atoms with Crippen molar-refractivity contribution in [3.63, 3.8) is 0 Å². The first-order valence-corrected chi connectivity index (χ1v) is 55.0. The largest absolute Gasteiger partial charge is 0.390 e. The fourth-order valence-corrected chi connectivity index (χ4v) is 40.3. The van der Waals surface area contributed by atoms with Gasteiger partial charge < -0.3 is 48.1 Å². The SMILES string of the molecule is CCc1cc([C@H]2CC[C@H]3[C@@H]4CC[C@@H]5C[C@](C)(O)CC[C@@H]5[C@H]4CC[C@]23C)no1.CCc1cc([C@H]2CC[C@H]3[C@@H]4CC[C@H]5C[C@](C)(O)CC[C@@H]5[C@H]4CC[C@]23C)no1.C[C@@]1(O)CC[C@H]2[C@@H](CC[C@@H]3[C@@H]2CC[C@]2(C)[C@@H](c4ccon4)CC[C@@H]32)C1.C[C@@]1(O)CC[C@H]2[C@H](CC[C@@H]3[C@@H]2CC[C@]2(C)[C@@H](c4ccno4)CC[C@@H]32)C1.C[C@@]1(O)CC[C@H]2[C@H](CC[C@@H]3[C@@H]2CC[C@]2(C)[C@@H](c4ccon4)CC[C@@H]32)C1. The summed E-state index contributed by atoms with van der Waals surface area (Å²) in [5, 5.41) is 74.3. The van der Waals surface area contributed by atoms with E-state index >= 15 is 0 Å². The van der Waals surface area contributed by atoms with E-state index in [2.05, 4.69) is 139 Å². The van der Waals surface area contributed by atoms with Crippen LogP contribution in [0.25, 0.3) is 0 Å². The summed E-state index contributed by atoms with van der Waals surface area (Å²) < 4.78 is 27.1. The van der Waals surface area contributed by atoms with Crippen LogP contribution < -0.4 is 0 Å². The number of aliphatic hydroxyl groups is 5. The van der Waals surface area contributed by atoms with E-state index in [1.165, 1.54) is 248 Å². The van der Waals surface area contributed by atoms with E-state index in [0.717, 1.165) is 242 Å². The second-order valence-corrected chi connectivity index (χ2v) is 52.7. The molecule has 129 heavy (non-hydrogen) atoms. The molecule has 5 N–H and O–H groups in total. The fourth-order valence-electron chi connectivity index (χ4n) is 40.3. The summed E-state index contributed by atoms with van der Waals surface area (Å²) in [5.74, 6) is 28.0. The van der Waals surface area contributed by atoms with Crippen LogP contribution in [0.15, 0.2) is 71.7 Å². The van der Waals surface area contributed by atoms with Crippen molar-refractivity contribution in [2.45, 2.75) is 442 Å². The van der Waals surface area contributed by atoms with Gasteiger partial charge in [0.15, 0.2) is 0 Å². The number of hydrogen-bond donors (Lipinski definition) is 5.